The van der Waals surface area contributed by atoms with E-state index in [4.69, 9.17) is 9.47 Å². The second-order valence-corrected chi connectivity index (χ2v) is 5.26. The number of likely N-dealkylation sites (N-methyl/N-ethyl adjacent to an activating group) is 1. The van der Waals surface area contributed by atoms with Gasteiger partial charge in [0.25, 0.3) is 0 Å². The van der Waals surface area contributed by atoms with Crippen LogP contribution in [0.1, 0.15) is 45.2 Å². The topological polar surface area (TPSA) is 30.5 Å². The molecule has 1 saturated heterocycles. The van der Waals surface area contributed by atoms with Gasteiger partial charge in [-0.2, -0.15) is 0 Å². The van der Waals surface area contributed by atoms with Gasteiger partial charge < -0.3 is 14.8 Å². The van der Waals surface area contributed by atoms with Gasteiger partial charge in [0.1, 0.15) is 5.75 Å². The molecule has 1 aromatic carbocycles. The van der Waals surface area contributed by atoms with Crippen LogP contribution in [0.2, 0.25) is 0 Å². The zero-order valence-electron chi connectivity index (χ0n) is 12.2. The third-order valence-corrected chi connectivity index (χ3v) is 3.77. The SMILES string of the molecule is CCNC(c1cccc(OCC)c1)C1(C)CCCO1. The Hall–Kier alpha value is -1.06. The molecule has 0 aliphatic carbocycles. The first-order valence-electron chi connectivity index (χ1n) is 7.29. The van der Waals surface area contributed by atoms with E-state index in [1.54, 1.807) is 0 Å². The normalized spacial score (nSPS) is 24.4. The Labute approximate surface area is 116 Å². The Kier molecular flexibility index (Phi) is 4.83. The largest absolute Gasteiger partial charge is 0.494 e. The van der Waals surface area contributed by atoms with Gasteiger partial charge in [0.05, 0.1) is 18.2 Å². The Morgan fingerprint density at radius 1 is 1.42 bits per heavy atom. The lowest BCUT2D eigenvalue weighted by Crippen LogP contribution is -2.41. The molecule has 1 aromatic rings. The number of ether oxygens (including phenoxy) is 2. The lowest BCUT2D eigenvalue weighted by molar-refractivity contribution is -0.0121. The minimum absolute atomic E-state index is 0.110. The average Bonchev–Trinajstić information content (AvgIpc) is 2.84. The van der Waals surface area contributed by atoms with Gasteiger partial charge in [0.2, 0.25) is 0 Å². The van der Waals surface area contributed by atoms with Crippen molar-refractivity contribution in [2.24, 2.45) is 0 Å². The van der Waals surface area contributed by atoms with Crippen LogP contribution in [0.15, 0.2) is 24.3 Å². The summed E-state index contributed by atoms with van der Waals surface area (Å²) >= 11 is 0. The van der Waals surface area contributed by atoms with Gasteiger partial charge in [0.15, 0.2) is 0 Å². The molecule has 3 nitrogen and oxygen atoms in total. The van der Waals surface area contributed by atoms with Crippen LogP contribution in [0.25, 0.3) is 0 Å². The predicted octanol–water partition coefficient (Wildman–Crippen LogP) is 3.31. The maximum atomic E-state index is 6.01. The summed E-state index contributed by atoms with van der Waals surface area (Å²) in [5, 5.41) is 3.57. The average molecular weight is 263 g/mol. The Morgan fingerprint density at radius 2 is 2.26 bits per heavy atom. The molecule has 1 N–H and O–H groups in total. The number of benzene rings is 1. The molecule has 1 aliphatic rings. The van der Waals surface area contributed by atoms with E-state index < -0.39 is 0 Å². The smallest absolute Gasteiger partial charge is 0.119 e. The highest BCUT2D eigenvalue weighted by atomic mass is 16.5. The molecule has 1 fully saturated rings. The molecule has 2 rings (SSSR count). The summed E-state index contributed by atoms with van der Waals surface area (Å²) in [4.78, 5) is 0. The van der Waals surface area contributed by atoms with Crippen molar-refractivity contribution in [3.05, 3.63) is 29.8 Å². The molecule has 0 radical (unpaired) electrons. The van der Waals surface area contributed by atoms with E-state index in [1.807, 2.05) is 13.0 Å². The quantitative estimate of drug-likeness (QED) is 0.854. The summed E-state index contributed by atoms with van der Waals surface area (Å²) in [6.07, 6.45) is 2.24. The van der Waals surface area contributed by atoms with Crippen molar-refractivity contribution in [3.63, 3.8) is 0 Å². The van der Waals surface area contributed by atoms with Gasteiger partial charge in [-0.15, -0.1) is 0 Å². The minimum Gasteiger partial charge on any atom is -0.494 e. The van der Waals surface area contributed by atoms with Crippen molar-refractivity contribution in [1.29, 1.82) is 0 Å². The third kappa shape index (κ3) is 3.28. The molecule has 106 valence electrons. The van der Waals surface area contributed by atoms with Gasteiger partial charge in [-0.1, -0.05) is 19.1 Å². The van der Waals surface area contributed by atoms with Crippen LogP contribution in [0.3, 0.4) is 0 Å². The van der Waals surface area contributed by atoms with Crippen molar-refractivity contribution in [2.75, 3.05) is 19.8 Å². The molecule has 2 unspecified atom stereocenters. The molecule has 19 heavy (non-hydrogen) atoms. The maximum absolute atomic E-state index is 6.01. The van der Waals surface area contributed by atoms with Crippen molar-refractivity contribution < 1.29 is 9.47 Å². The van der Waals surface area contributed by atoms with Crippen LogP contribution in [0.4, 0.5) is 0 Å². The molecule has 0 bridgehead atoms. The van der Waals surface area contributed by atoms with E-state index in [9.17, 15) is 0 Å². The highest BCUT2D eigenvalue weighted by molar-refractivity contribution is 5.32. The summed E-state index contributed by atoms with van der Waals surface area (Å²) < 4.78 is 11.6. The van der Waals surface area contributed by atoms with E-state index in [0.717, 1.165) is 31.7 Å². The highest BCUT2D eigenvalue weighted by Gasteiger charge is 2.38. The maximum Gasteiger partial charge on any atom is 0.119 e. The molecule has 0 saturated carbocycles. The second-order valence-electron chi connectivity index (χ2n) is 5.26. The van der Waals surface area contributed by atoms with Crippen LogP contribution in [-0.2, 0) is 4.74 Å². The highest BCUT2D eigenvalue weighted by Crippen LogP contribution is 2.38. The standard InChI is InChI=1S/C16H25NO2/c1-4-17-15(16(3)10-7-11-19-16)13-8-6-9-14(12-13)18-5-2/h6,8-9,12,15,17H,4-5,7,10-11H2,1-3H3. The van der Waals surface area contributed by atoms with E-state index in [-0.39, 0.29) is 11.6 Å². The van der Waals surface area contributed by atoms with Crippen molar-refractivity contribution in [2.45, 2.75) is 45.3 Å². The predicted molar refractivity (Wildman–Crippen MR) is 77.6 cm³/mol. The number of hydrogen-bond acceptors (Lipinski definition) is 3. The van der Waals surface area contributed by atoms with Crippen LogP contribution in [-0.4, -0.2) is 25.4 Å². The summed E-state index contributed by atoms with van der Waals surface area (Å²) in [5.74, 6) is 0.935. The Bertz CT molecular complexity index is 399. The van der Waals surface area contributed by atoms with E-state index in [0.29, 0.717) is 6.61 Å². The summed E-state index contributed by atoms with van der Waals surface area (Å²) in [6, 6.07) is 8.57. The first kappa shape index (κ1) is 14.4. The molecule has 2 atom stereocenters. The third-order valence-electron chi connectivity index (χ3n) is 3.77. The zero-order valence-corrected chi connectivity index (χ0v) is 12.2. The molecule has 0 amide bonds. The van der Waals surface area contributed by atoms with Gasteiger partial charge in [-0.25, -0.2) is 0 Å². The van der Waals surface area contributed by atoms with Gasteiger partial charge in [0, 0.05) is 6.61 Å². The van der Waals surface area contributed by atoms with E-state index in [1.165, 1.54) is 5.56 Å². The van der Waals surface area contributed by atoms with Crippen LogP contribution < -0.4 is 10.1 Å². The van der Waals surface area contributed by atoms with Crippen molar-refractivity contribution in [1.82, 2.24) is 5.32 Å². The van der Waals surface area contributed by atoms with E-state index in [2.05, 4.69) is 37.4 Å². The van der Waals surface area contributed by atoms with E-state index >= 15 is 0 Å². The summed E-state index contributed by atoms with van der Waals surface area (Å²) in [6.45, 7) is 8.85. The van der Waals surface area contributed by atoms with Crippen LogP contribution >= 0.6 is 0 Å². The molecular formula is C16H25NO2. The fraction of sp³-hybridized carbons (Fsp3) is 0.625. The number of nitrogens with one attached hydrogen (secondary N) is 1. The van der Waals surface area contributed by atoms with Crippen molar-refractivity contribution >= 4 is 0 Å². The first-order valence-corrected chi connectivity index (χ1v) is 7.29. The lowest BCUT2D eigenvalue weighted by Gasteiger charge is -2.34. The van der Waals surface area contributed by atoms with Crippen LogP contribution in [0.5, 0.6) is 5.75 Å². The molecule has 1 heterocycles. The number of rotatable bonds is 6. The fourth-order valence-electron chi connectivity index (χ4n) is 2.87. The molecule has 0 spiro atoms. The molecular weight excluding hydrogens is 238 g/mol. The number of hydrogen-bond donors (Lipinski definition) is 1. The van der Waals surface area contributed by atoms with Gasteiger partial charge in [-0.05, 0) is 50.9 Å². The zero-order chi connectivity index (χ0) is 13.7. The monoisotopic (exact) mass is 263 g/mol. The van der Waals surface area contributed by atoms with Crippen molar-refractivity contribution in [3.8, 4) is 5.75 Å². The molecule has 3 heteroatoms. The van der Waals surface area contributed by atoms with Gasteiger partial charge in [-0.3, -0.25) is 0 Å². The second kappa shape index (κ2) is 6.40. The Balaban J connectivity index is 2.25. The fourth-order valence-corrected chi connectivity index (χ4v) is 2.87. The van der Waals surface area contributed by atoms with Crippen LogP contribution in [0, 0.1) is 0 Å². The summed E-state index contributed by atoms with van der Waals surface area (Å²) in [7, 11) is 0. The summed E-state index contributed by atoms with van der Waals surface area (Å²) in [5.41, 5.74) is 1.14. The Morgan fingerprint density at radius 3 is 2.89 bits per heavy atom. The molecule has 0 aromatic heterocycles. The van der Waals surface area contributed by atoms with Gasteiger partial charge >= 0.3 is 0 Å². The minimum atomic E-state index is -0.110. The lowest BCUT2D eigenvalue weighted by atomic mass is 9.87. The first-order chi connectivity index (χ1) is 9.19. The molecule has 1 aliphatic heterocycles.